The number of aromatic nitrogens is 2. The van der Waals surface area contributed by atoms with Gasteiger partial charge in [-0.25, -0.2) is 14.8 Å². The molecular formula is C17H18BrN3O4. The Morgan fingerprint density at radius 2 is 2.28 bits per heavy atom. The molecule has 25 heavy (non-hydrogen) atoms. The van der Waals surface area contributed by atoms with Crippen LogP contribution in [0.1, 0.15) is 28.9 Å². The first-order chi connectivity index (χ1) is 12.0. The molecule has 1 fully saturated rings. The molecule has 1 saturated heterocycles. The molecule has 0 spiro atoms. The zero-order chi connectivity index (χ0) is 18.0. The van der Waals surface area contributed by atoms with Crippen LogP contribution in [0.5, 0.6) is 5.75 Å². The lowest BCUT2D eigenvalue weighted by atomic mass is 10.0. The van der Waals surface area contributed by atoms with Crippen molar-refractivity contribution in [3.63, 3.8) is 0 Å². The summed E-state index contributed by atoms with van der Waals surface area (Å²) < 4.78 is 12.0. The first-order valence-electron chi connectivity index (χ1n) is 7.87. The molecule has 0 radical (unpaired) electrons. The fraction of sp³-hybridized carbons (Fsp3) is 0.353. The Morgan fingerprint density at radius 3 is 2.92 bits per heavy atom. The second-order valence-corrected chi connectivity index (χ2v) is 6.64. The highest BCUT2D eigenvalue weighted by molar-refractivity contribution is 9.10. The maximum absolute atomic E-state index is 11.6. The molecule has 132 valence electrons. The lowest BCUT2D eigenvalue weighted by Gasteiger charge is -2.14. The molecule has 1 aliphatic heterocycles. The summed E-state index contributed by atoms with van der Waals surface area (Å²) in [6.45, 7) is 2.86. The molecule has 2 heterocycles. The molecule has 1 unspecified atom stereocenters. The van der Waals surface area contributed by atoms with E-state index in [0.717, 1.165) is 19.4 Å². The third kappa shape index (κ3) is 3.91. The van der Waals surface area contributed by atoms with Crippen LogP contribution in [0, 0.1) is 6.92 Å². The van der Waals surface area contributed by atoms with Crippen LogP contribution in [0.2, 0.25) is 0 Å². The number of aryl methyl sites for hydroxylation is 1. The van der Waals surface area contributed by atoms with E-state index in [1.54, 1.807) is 25.1 Å². The Labute approximate surface area is 153 Å². The van der Waals surface area contributed by atoms with Gasteiger partial charge in [-0.3, -0.25) is 0 Å². The SMILES string of the molecule is Cc1nc(N)nc(-c2ccc(OCC3CCCO3)c(Br)c2)c1C(=O)O. The van der Waals surface area contributed by atoms with Gasteiger partial charge in [-0.1, -0.05) is 0 Å². The predicted octanol–water partition coefficient (Wildman–Crippen LogP) is 3.05. The Morgan fingerprint density at radius 1 is 1.48 bits per heavy atom. The minimum atomic E-state index is -1.10. The number of rotatable bonds is 5. The number of nitrogens with two attached hydrogens (primary N) is 1. The van der Waals surface area contributed by atoms with Crippen LogP contribution in [-0.4, -0.2) is 40.4 Å². The molecular weight excluding hydrogens is 390 g/mol. The van der Waals surface area contributed by atoms with Crippen LogP contribution >= 0.6 is 15.9 Å². The van der Waals surface area contributed by atoms with Gasteiger partial charge in [0, 0.05) is 12.2 Å². The van der Waals surface area contributed by atoms with Gasteiger partial charge in [0.05, 0.1) is 22.0 Å². The summed E-state index contributed by atoms with van der Waals surface area (Å²) in [4.78, 5) is 19.6. The van der Waals surface area contributed by atoms with Gasteiger partial charge < -0.3 is 20.3 Å². The summed E-state index contributed by atoms with van der Waals surface area (Å²) in [5.41, 5.74) is 6.94. The van der Waals surface area contributed by atoms with Crippen LogP contribution < -0.4 is 10.5 Å². The molecule has 3 rings (SSSR count). The number of anilines is 1. The topological polar surface area (TPSA) is 108 Å². The minimum absolute atomic E-state index is 0.0346. The van der Waals surface area contributed by atoms with Gasteiger partial charge in [-0.15, -0.1) is 0 Å². The van der Waals surface area contributed by atoms with Gasteiger partial charge in [-0.05, 0) is 53.9 Å². The van der Waals surface area contributed by atoms with Crippen molar-refractivity contribution in [3.8, 4) is 17.0 Å². The van der Waals surface area contributed by atoms with Gasteiger partial charge in [-0.2, -0.15) is 0 Å². The van der Waals surface area contributed by atoms with Crippen molar-refractivity contribution in [1.82, 2.24) is 9.97 Å². The lowest BCUT2D eigenvalue weighted by molar-refractivity contribution is 0.0676. The molecule has 1 aromatic carbocycles. The van der Waals surface area contributed by atoms with Crippen LogP contribution in [-0.2, 0) is 4.74 Å². The second kappa shape index (κ2) is 7.37. The Balaban J connectivity index is 1.89. The van der Waals surface area contributed by atoms with Gasteiger partial charge >= 0.3 is 5.97 Å². The molecule has 1 aliphatic rings. The van der Waals surface area contributed by atoms with E-state index < -0.39 is 5.97 Å². The van der Waals surface area contributed by atoms with Crippen LogP contribution in [0.4, 0.5) is 5.95 Å². The fourth-order valence-electron chi connectivity index (χ4n) is 2.78. The first kappa shape index (κ1) is 17.6. The van der Waals surface area contributed by atoms with E-state index in [1.165, 1.54) is 0 Å². The van der Waals surface area contributed by atoms with Crippen molar-refractivity contribution >= 4 is 27.8 Å². The van der Waals surface area contributed by atoms with E-state index in [1.807, 2.05) is 0 Å². The van der Waals surface area contributed by atoms with Gasteiger partial charge in [0.15, 0.2) is 0 Å². The summed E-state index contributed by atoms with van der Waals surface area (Å²) in [7, 11) is 0. The number of hydrogen-bond donors (Lipinski definition) is 2. The summed E-state index contributed by atoms with van der Waals surface area (Å²) >= 11 is 3.46. The second-order valence-electron chi connectivity index (χ2n) is 5.79. The average molecular weight is 408 g/mol. The maximum Gasteiger partial charge on any atom is 0.339 e. The van der Waals surface area contributed by atoms with E-state index in [0.29, 0.717) is 28.1 Å². The zero-order valence-electron chi connectivity index (χ0n) is 13.7. The third-order valence-corrected chi connectivity index (χ3v) is 4.59. The number of carboxylic acid groups (broad SMARTS) is 1. The van der Waals surface area contributed by atoms with E-state index in [9.17, 15) is 9.90 Å². The number of ether oxygens (including phenoxy) is 2. The lowest BCUT2D eigenvalue weighted by Crippen LogP contribution is -2.16. The van der Waals surface area contributed by atoms with Gasteiger partial charge in [0.2, 0.25) is 5.95 Å². The molecule has 0 aliphatic carbocycles. The van der Waals surface area contributed by atoms with E-state index in [4.69, 9.17) is 15.2 Å². The van der Waals surface area contributed by atoms with Crippen molar-refractivity contribution in [2.24, 2.45) is 0 Å². The highest BCUT2D eigenvalue weighted by Crippen LogP contribution is 2.32. The highest BCUT2D eigenvalue weighted by Gasteiger charge is 2.20. The molecule has 3 N–H and O–H groups in total. The summed E-state index contributed by atoms with van der Waals surface area (Å²) in [5, 5.41) is 9.46. The van der Waals surface area contributed by atoms with Crippen LogP contribution in [0.3, 0.4) is 0 Å². The predicted molar refractivity (Wildman–Crippen MR) is 95.7 cm³/mol. The molecule has 8 heteroatoms. The highest BCUT2D eigenvalue weighted by atomic mass is 79.9. The number of carbonyl (C=O) groups is 1. The van der Waals surface area contributed by atoms with Crippen molar-refractivity contribution in [1.29, 1.82) is 0 Å². The average Bonchev–Trinajstić information content (AvgIpc) is 3.05. The number of aromatic carboxylic acids is 1. The van der Waals surface area contributed by atoms with Gasteiger partial charge in [0.1, 0.15) is 17.9 Å². The molecule has 0 bridgehead atoms. The molecule has 7 nitrogen and oxygen atoms in total. The summed E-state index contributed by atoms with van der Waals surface area (Å²) in [5.74, 6) is -0.399. The number of benzene rings is 1. The smallest absolute Gasteiger partial charge is 0.339 e. The van der Waals surface area contributed by atoms with Crippen molar-refractivity contribution in [3.05, 3.63) is 33.9 Å². The normalized spacial score (nSPS) is 16.8. The van der Waals surface area contributed by atoms with Crippen molar-refractivity contribution in [2.45, 2.75) is 25.9 Å². The van der Waals surface area contributed by atoms with E-state index >= 15 is 0 Å². The number of halogens is 1. The van der Waals surface area contributed by atoms with E-state index in [-0.39, 0.29) is 23.3 Å². The molecule has 2 aromatic rings. The molecule has 0 saturated carbocycles. The minimum Gasteiger partial charge on any atom is -0.490 e. The number of hydrogen-bond acceptors (Lipinski definition) is 6. The monoisotopic (exact) mass is 407 g/mol. The summed E-state index contributed by atoms with van der Waals surface area (Å²) in [6.07, 6.45) is 2.17. The number of carboxylic acids is 1. The van der Waals surface area contributed by atoms with Gasteiger partial charge in [0.25, 0.3) is 0 Å². The van der Waals surface area contributed by atoms with Crippen LogP contribution in [0.25, 0.3) is 11.3 Å². The standard InChI is InChI=1S/C17H18BrN3O4/c1-9-14(16(22)23)15(21-17(19)20-9)10-4-5-13(12(18)7-10)25-8-11-3-2-6-24-11/h4-5,7,11H,2-3,6,8H2,1H3,(H,22,23)(H2,19,20,21). The largest absolute Gasteiger partial charge is 0.490 e. The van der Waals surface area contributed by atoms with Crippen LogP contribution in [0.15, 0.2) is 22.7 Å². The number of nitrogen functional groups attached to an aromatic ring is 1. The Kier molecular flexibility index (Phi) is 5.19. The fourth-order valence-corrected chi connectivity index (χ4v) is 3.28. The van der Waals surface area contributed by atoms with Crippen molar-refractivity contribution in [2.75, 3.05) is 18.9 Å². The third-order valence-electron chi connectivity index (χ3n) is 3.98. The zero-order valence-corrected chi connectivity index (χ0v) is 15.2. The number of nitrogens with zero attached hydrogens (tertiary/aromatic N) is 2. The molecule has 1 atom stereocenters. The Hall–Kier alpha value is -2.19. The first-order valence-corrected chi connectivity index (χ1v) is 8.66. The van der Waals surface area contributed by atoms with E-state index in [2.05, 4.69) is 25.9 Å². The Bertz CT molecular complexity index is 807. The maximum atomic E-state index is 11.6. The van der Waals surface area contributed by atoms with Crippen molar-refractivity contribution < 1.29 is 19.4 Å². The molecule has 0 amide bonds. The summed E-state index contributed by atoms with van der Waals surface area (Å²) in [6, 6.07) is 5.29. The quantitative estimate of drug-likeness (QED) is 0.783. The molecule has 1 aromatic heterocycles.